The largest absolute Gasteiger partial charge is 0.392 e. The second kappa shape index (κ2) is 5.25. The first kappa shape index (κ1) is 13.9. The van der Waals surface area contributed by atoms with Crippen molar-refractivity contribution in [2.45, 2.75) is 23.8 Å². The van der Waals surface area contributed by atoms with Gasteiger partial charge in [0.15, 0.2) is 0 Å². The summed E-state index contributed by atoms with van der Waals surface area (Å²) in [5, 5.41) is 18.2. The van der Waals surface area contributed by atoms with E-state index in [1.807, 2.05) is 0 Å². The maximum atomic E-state index is 13.2. The number of rotatable bonds is 2. The van der Waals surface area contributed by atoms with Gasteiger partial charge in [0.25, 0.3) is 0 Å². The maximum absolute atomic E-state index is 13.2. The molecule has 0 unspecified atom stereocenters. The number of benzene rings is 1. The van der Waals surface area contributed by atoms with Crippen LogP contribution >= 0.6 is 0 Å². The van der Waals surface area contributed by atoms with Crippen molar-refractivity contribution in [2.24, 2.45) is 0 Å². The van der Waals surface area contributed by atoms with E-state index < -0.39 is 21.9 Å². The summed E-state index contributed by atoms with van der Waals surface area (Å²) in [6.07, 6.45) is 0.463. The van der Waals surface area contributed by atoms with Gasteiger partial charge < -0.3 is 5.11 Å². The van der Waals surface area contributed by atoms with Crippen LogP contribution in [0.15, 0.2) is 23.1 Å². The third-order valence-corrected chi connectivity index (χ3v) is 4.92. The highest BCUT2D eigenvalue weighted by Crippen LogP contribution is 2.22. The first-order valence-corrected chi connectivity index (χ1v) is 7.27. The number of halogens is 1. The lowest BCUT2D eigenvalue weighted by molar-refractivity contribution is 0.108. The van der Waals surface area contributed by atoms with Gasteiger partial charge in [0.1, 0.15) is 11.9 Å². The molecule has 1 fully saturated rings. The fourth-order valence-corrected chi connectivity index (χ4v) is 3.58. The van der Waals surface area contributed by atoms with E-state index >= 15 is 0 Å². The van der Waals surface area contributed by atoms with Crippen LogP contribution in [0.5, 0.6) is 0 Å². The van der Waals surface area contributed by atoms with Crippen LogP contribution in [0.2, 0.25) is 0 Å². The summed E-state index contributed by atoms with van der Waals surface area (Å²) in [5.74, 6) is -0.750. The van der Waals surface area contributed by atoms with Crippen LogP contribution in [0.1, 0.15) is 18.4 Å². The van der Waals surface area contributed by atoms with E-state index in [0.717, 1.165) is 22.5 Å². The molecule has 1 aromatic rings. The number of nitrogens with zero attached hydrogens (tertiary/aromatic N) is 2. The molecule has 5 nitrogen and oxygen atoms in total. The SMILES string of the molecule is N#Cc1cc(S(=O)(=O)N2CCC[C@H](O)C2)ccc1F. The van der Waals surface area contributed by atoms with Crippen molar-refractivity contribution in [3.63, 3.8) is 0 Å². The number of hydrogen-bond acceptors (Lipinski definition) is 4. The van der Waals surface area contributed by atoms with Gasteiger partial charge in [-0.2, -0.15) is 9.57 Å². The van der Waals surface area contributed by atoms with Crippen LogP contribution in [0.3, 0.4) is 0 Å². The molecule has 1 aromatic carbocycles. The molecule has 1 atom stereocenters. The van der Waals surface area contributed by atoms with Gasteiger partial charge in [0.05, 0.1) is 16.6 Å². The second-order valence-corrected chi connectivity index (χ2v) is 6.35. The van der Waals surface area contributed by atoms with Crippen molar-refractivity contribution in [3.8, 4) is 6.07 Å². The number of hydrogen-bond donors (Lipinski definition) is 1. The Morgan fingerprint density at radius 1 is 1.47 bits per heavy atom. The Morgan fingerprint density at radius 2 is 2.21 bits per heavy atom. The number of sulfonamides is 1. The molecule has 1 heterocycles. The monoisotopic (exact) mass is 284 g/mol. The van der Waals surface area contributed by atoms with Crippen molar-refractivity contribution in [2.75, 3.05) is 13.1 Å². The molecule has 7 heteroatoms. The number of piperidine rings is 1. The molecular formula is C12H13FN2O3S. The molecule has 1 aliphatic heterocycles. The first-order chi connectivity index (χ1) is 8.95. The molecule has 19 heavy (non-hydrogen) atoms. The minimum atomic E-state index is -3.79. The van der Waals surface area contributed by atoms with E-state index in [1.54, 1.807) is 6.07 Å². The van der Waals surface area contributed by atoms with E-state index in [2.05, 4.69) is 0 Å². The van der Waals surface area contributed by atoms with Gasteiger partial charge in [-0.15, -0.1) is 0 Å². The molecule has 2 rings (SSSR count). The van der Waals surface area contributed by atoms with Crippen LogP contribution in [0, 0.1) is 17.1 Å². The zero-order chi connectivity index (χ0) is 14.0. The van der Waals surface area contributed by atoms with Crippen LogP contribution in [0.25, 0.3) is 0 Å². The van der Waals surface area contributed by atoms with Crippen molar-refractivity contribution < 1.29 is 17.9 Å². The molecule has 1 saturated heterocycles. The summed E-state index contributed by atoms with van der Waals surface area (Å²) in [6, 6.07) is 4.73. The average molecular weight is 284 g/mol. The Morgan fingerprint density at radius 3 is 2.84 bits per heavy atom. The Balaban J connectivity index is 2.37. The molecule has 0 bridgehead atoms. The van der Waals surface area contributed by atoms with Crippen LogP contribution < -0.4 is 0 Å². The molecule has 0 radical (unpaired) electrons. The highest BCUT2D eigenvalue weighted by atomic mass is 32.2. The smallest absolute Gasteiger partial charge is 0.243 e. The highest BCUT2D eigenvalue weighted by Gasteiger charge is 2.29. The van der Waals surface area contributed by atoms with Crippen molar-refractivity contribution >= 4 is 10.0 Å². The minimum absolute atomic E-state index is 0.0294. The molecular weight excluding hydrogens is 271 g/mol. The third kappa shape index (κ3) is 2.76. The third-order valence-electron chi connectivity index (χ3n) is 3.06. The fraction of sp³-hybridized carbons (Fsp3) is 0.417. The highest BCUT2D eigenvalue weighted by molar-refractivity contribution is 7.89. The summed E-state index contributed by atoms with van der Waals surface area (Å²) in [5.41, 5.74) is -0.307. The van der Waals surface area contributed by atoms with E-state index in [4.69, 9.17) is 5.26 Å². The molecule has 1 aliphatic rings. The first-order valence-electron chi connectivity index (χ1n) is 5.83. The molecule has 0 amide bonds. The van der Waals surface area contributed by atoms with Gasteiger partial charge in [-0.1, -0.05) is 0 Å². The van der Waals surface area contributed by atoms with Gasteiger partial charge in [0, 0.05) is 13.1 Å². The summed E-state index contributed by atoms with van der Waals surface area (Å²) >= 11 is 0. The summed E-state index contributed by atoms with van der Waals surface area (Å²) in [4.78, 5) is -0.125. The lowest BCUT2D eigenvalue weighted by Gasteiger charge is -2.29. The standard InChI is InChI=1S/C12H13FN2O3S/c13-12-4-3-11(6-9(12)7-14)19(17,18)15-5-1-2-10(16)8-15/h3-4,6,10,16H,1-2,5,8H2/t10-/m0/s1. The lowest BCUT2D eigenvalue weighted by Crippen LogP contribution is -2.42. The van der Waals surface area contributed by atoms with Crippen molar-refractivity contribution in [3.05, 3.63) is 29.6 Å². The Hall–Kier alpha value is -1.49. The van der Waals surface area contributed by atoms with Gasteiger partial charge in [-0.25, -0.2) is 12.8 Å². The maximum Gasteiger partial charge on any atom is 0.243 e. The number of aliphatic hydroxyl groups excluding tert-OH is 1. The van der Waals surface area contributed by atoms with Gasteiger partial charge >= 0.3 is 0 Å². The van der Waals surface area contributed by atoms with Crippen LogP contribution in [-0.4, -0.2) is 37.0 Å². The Bertz CT molecular complexity index is 624. The van der Waals surface area contributed by atoms with E-state index in [1.165, 1.54) is 0 Å². The lowest BCUT2D eigenvalue weighted by atomic mass is 10.1. The summed E-state index contributed by atoms with van der Waals surface area (Å²) < 4.78 is 38.9. The molecule has 0 spiro atoms. The zero-order valence-electron chi connectivity index (χ0n) is 10.1. The number of β-amino-alcohol motifs (C(OH)–C–C–N with tert-alkyl or cyclic N) is 1. The Labute approximate surface area is 110 Å². The molecule has 0 aliphatic carbocycles. The predicted octanol–water partition coefficient (Wildman–Crippen LogP) is 0.843. The fourth-order valence-electron chi connectivity index (χ4n) is 2.04. The average Bonchev–Trinajstić information content (AvgIpc) is 2.39. The molecule has 0 saturated carbocycles. The minimum Gasteiger partial charge on any atom is -0.392 e. The van der Waals surface area contributed by atoms with Crippen LogP contribution in [0.4, 0.5) is 4.39 Å². The van der Waals surface area contributed by atoms with E-state index in [9.17, 15) is 17.9 Å². The topological polar surface area (TPSA) is 81.4 Å². The normalized spacial score (nSPS) is 21.0. The van der Waals surface area contributed by atoms with Gasteiger partial charge in [-0.05, 0) is 31.0 Å². The number of aliphatic hydroxyl groups is 1. The zero-order valence-corrected chi connectivity index (χ0v) is 10.9. The van der Waals surface area contributed by atoms with Crippen molar-refractivity contribution in [1.82, 2.24) is 4.31 Å². The van der Waals surface area contributed by atoms with E-state index in [-0.39, 0.29) is 17.0 Å². The predicted molar refractivity (Wildman–Crippen MR) is 65.1 cm³/mol. The second-order valence-electron chi connectivity index (χ2n) is 4.41. The van der Waals surface area contributed by atoms with Gasteiger partial charge in [0.2, 0.25) is 10.0 Å². The molecule has 0 aromatic heterocycles. The van der Waals surface area contributed by atoms with E-state index in [0.29, 0.717) is 19.4 Å². The van der Waals surface area contributed by atoms with Crippen molar-refractivity contribution in [1.29, 1.82) is 5.26 Å². The van der Waals surface area contributed by atoms with Gasteiger partial charge in [-0.3, -0.25) is 0 Å². The summed E-state index contributed by atoms with van der Waals surface area (Å²) in [6.45, 7) is 0.347. The molecule has 1 N–H and O–H groups in total. The number of nitriles is 1. The summed E-state index contributed by atoms with van der Waals surface area (Å²) in [7, 11) is -3.79. The Kier molecular flexibility index (Phi) is 3.85. The molecule has 102 valence electrons. The quantitative estimate of drug-likeness (QED) is 0.872. The van der Waals surface area contributed by atoms with Crippen LogP contribution in [-0.2, 0) is 10.0 Å².